The monoisotopic (exact) mass is 808 g/mol. The van der Waals surface area contributed by atoms with Gasteiger partial charge < -0.3 is 9.13 Å². The van der Waals surface area contributed by atoms with Gasteiger partial charge in [-0.3, -0.25) is 0 Å². The molecule has 11 rings (SSSR count). The average Bonchev–Trinajstić information content (AvgIpc) is 3.95. The first kappa shape index (κ1) is 39.2. The summed E-state index contributed by atoms with van der Waals surface area (Å²) < 4.78 is 4.76. The van der Waals surface area contributed by atoms with E-state index in [1.165, 1.54) is 82.1 Å². The summed E-state index contributed by atoms with van der Waals surface area (Å²) in [5, 5.41) is 8.62. The van der Waals surface area contributed by atoms with Crippen molar-refractivity contribution in [1.82, 2.24) is 9.13 Å². The molecule has 63 heavy (non-hydrogen) atoms. The van der Waals surface area contributed by atoms with Crippen LogP contribution in [0.4, 0.5) is 0 Å². The van der Waals surface area contributed by atoms with E-state index in [-0.39, 0.29) is 0 Å². The molecule has 2 nitrogen and oxygen atoms in total. The Morgan fingerprint density at radius 3 is 1.65 bits per heavy atom. The van der Waals surface area contributed by atoms with Crippen molar-refractivity contribution in [1.29, 1.82) is 0 Å². The fourth-order valence-corrected chi connectivity index (χ4v) is 9.21. The van der Waals surface area contributed by atoms with Gasteiger partial charge in [-0.25, -0.2) is 0 Å². The predicted molar refractivity (Wildman–Crippen MR) is 273 cm³/mol. The lowest BCUT2D eigenvalue weighted by molar-refractivity contribution is 1.13. The van der Waals surface area contributed by atoms with E-state index in [2.05, 4.69) is 247 Å². The Balaban J connectivity index is 0.00000232. The van der Waals surface area contributed by atoms with Crippen molar-refractivity contribution in [3.63, 3.8) is 0 Å². The number of allylic oxidation sites excluding steroid dienone is 5. The Labute approximate surface area is 369 Å². The van der Waals surface area contributed by atoms with Gasteiger partial charge in [0.15, 0.2) is 0 Å². The van der Waals surface area contributed by atoms with Gasteiger partial charge >= 0.3 is 0 Å². The highest BCUT2D eigenvalue weighted by molar-refractivity contribution is 6.32. The van der Waals surface area contributed by atoms with E-state index in [4.69, 9.17) is 0 Å². The maximum absolute atomic E-state index is 4.62. The first-order chi connectivity index (χ1) is 31.1. The van der Waals surface area contributed by atoms with Crippen LogP contribution in [0, 0.1) is 0 Å². The van der Waals surface area contributed by atoms with Gasteiger partial charge in [0.2, 0.25) is 0 Å². The van der Waals surface area contributed by atoms with Gasteiger partial charge in [-0.05, 0) is 122 Å². The Morgan fingerprint density at radius 1 is 0.444 bits per heavy atom. The molecule has 11 aromatic rings. The second-order valence-electron chi connectivity index (χ2n) is 15.9. The van der Waals surface area contributed by atoms with Crippen LogP contribution in [0.15, 0.2) is 231 Å². The Bertz CT molecular complexity index is 3510. The van der Waals surface area contributed by atoms with Crippen molar-refractivity contribution in [2.45, 2.75) is 20.8 Å². The fraction of sp³-hybridized carbons (Fsp3) is 0.0492. The third-order valence-corrected chi connectivity index (χ3v) is 12.2. The SMILES string of the molecule is C=C(/C=C(\C=C(/C)c1ccccc1)n1c2ccc(-c3ccc4c(ccn4-c4ccc(-c5ccccc5)cc4)c3)cc2c2c3ccccc3c3ccccc3c21)c1ccccc1.CC. The molecule has 0 fully saturated rings. The molecule has 0 saturated carbocycles. The summed E-state index contributed by atoms with van der Waals surface area (Å²) in [6.07, 6.45) is 6.77. The molecule has 0 saturated heterocycles. The lowest BCUT2D eigenvalue weighted by atomic mass is 9.95. The quantitative estimate of drug-likeness (QED) is 0.107. The topological polar surface area (TPSA) is 9.86 Å². The van der Waals surface area contributed by atoms with Gasteiger partial charge in [-0.1, -0.05) is 184 Å². The molecule has 0 aliphatic rings. The van der Waals surface area contributed by atoms with Crippen LogP contribution in [0.5, 0.6) is 0 Å². The maximum atomic E-state index is 4.62. The smallest absolute Gasteiger partial charge is 0.0625 e. The predicted octanol–water partition coefficient (Wildman–Crippen LogP) is 17.1. The van der Waals surface area contributed by atoms with Gasteiger partial charge in [0.1, 0.15) is 0 Å². The molecule has 2 heterocycles. The highest BCUT2D eigenvalue weighted by atomic mass is 15.0. The van der Waals surface area contributed by atoms with Crippen molar-refractivity contribution >= 4 is 71.1 Å². The van der Waals surface area contributed by atoms with E-state index in [0.29, 0.717) is 0 Å². The number of hydrogen-bond donors (Lipinski definition) is 0. The molecule has 0 spiro atoms. The molecule has 0 N–H and O–H groups in total. The summed E-state index contributed by atoms with van der Waals surface area (Å²) in [4.78, 5) is 0. The molecule has 0 aliphatic carbocycles. The van der Waals surface area contributed by atoms with E-state index in [1.54, 1.807) is 0 Å². The van der Waals surface area contributed by atoms with Crippen LogP contribution in [0.2, 0.25) is 0 Å². The zero-order chi connectivity index (χ0) is 42.9. The zero-order valence-corrected chi connectivity index (χ0v) is 36.0. The normalized spacial score (nSPS) is 12.0. The van der Waals surface area contributed by atoms with Crippen LogP contribution in [0.25, 0.3) is 99.0 Å². The summed E-state index contributed by atoms with van der Waals surface area (Å²) in [5.41, 5.74) is 14.9. The van der Waals surface area contributed by atoms with E-state index in [0.717, 1.165) is 28.0 Å². The maximum Gasteiger partial charge on any atom is 0.0625 e. The molecule has 0 unspecified atom stereocenters. The third-order valence-electron chi connectivity index (χ3n) is 12.2. The van der Waals surface area contributed by atoms with Gasteiger partial charge in [0.05, 0.1) is 16.6 Å². The zero-order valence-electron chi connectivity index (χ0n) is 36.0. The first-order valence-electron chi connectivity index (χ1n) is 21.9. The van der Waals surface area contributed by atoms with E-state index in [1.807, 2.05) is 13.8 Å². The number of nitrogens with zero attached hydrogens (tertiary/aromatic N) is 2. The molecule has 302 valence electrons. The molecule has 0 atom stereocenters. The molecule has 0 bridgehead atoms. The van der Waals surface area contributed by atoms with Crippen LogP contribution in [0.3, 0.4) is 0 Å². The lowest BCUT2D eigenvalue weighted by Crippen LogP contribution is -1.98. The second-order valence-corrected chi connectivity index (χ2v) is 15.9. The highest BCUT2D eigenvalue weighted by Crippen LogP contribution is 2.44. The fourth-order valence-electron chi connectivity index (χ4n) is 9.21. The van der Waals surface area contributed by atoms with Crippen molar-refractivity contribution in [2.24, 2.45) is 0 Å². The molecule has 0 amide bonds. The van der Waals surface area contributed by atoms with Crippen molar-refractivity contribution in [3.8, 4) is 27.9 Å². The Hall–Kier alpha value is -7.94. The standard InChI is InChI=1S/C59H42N2.C2H6/c1-40(42-16-6-3-7-17-42)36-50(37-41(2)43-18-8-4-9-19-43)61-57-33-29-47(39-55(57)58-53-24-14-12-22-51(53)52-23-13-15-25-54(52)59(58)61)46-28-32-56-48(38-46)34-35-60(56)49-30-26-45(27-31-49)44-20-10-5-11-21-44;1-2/h3-39H,1H2,2H3;1-2H3/b41-37+,50-36+;. The highest BCUT2D eigenvalue weighted by Gasteiger charge is 2.21. The summed E-state index contributed by atoms with van der Waals surface area (Å²) in [6.45, 7) is 10.8. The molecule has 0 radical (unpaired) electrons. The van der Waals surface area contributed by atoms with E-state index in [9.17, 15) is 0 Å². The van der Waals surface area contributed by atoms with Crippen molar-refractivity contribution < 1.29 is 0 Å². The minimum absolute atomic E-state index is 0.955. The molecular formula is C61H48N2. The van der Waals surface area contributed by atoms with Gasteiger partial charge in [-0.2, -0.15) is 0 Å². The second kappa shape index (κ2) is 16.8. The van der Waals surface area contributed by atoms with Gasteiger partial charge in [0, 0.05) is 39.1 Å². The minimum atomic E-state index is 0.955. The van der Waals surface area contributed by atoms with Crippen molar-refractivity contribution in [3.05, 3.63) is 242 Å². The number of benzene rings is 9. The lowest BCUT2D eigenvalue weighted by Gasteiger charge is -2.15. The molecular weight excluding hydrogens is 761 g/mol. The number of hydrogen-bond acceptors (Lipinski definition) is 0. The summed E-state index contributed by atoms with van der Waals surface area (Å²) in [5.74, 6) is 0. The van der Waals surface area contributed by atoms with E-state index >= 15 is 0 Å². The largest absolute Gasteiger partial charge is 0.317 e. The van der Waals surface area contributed by atoms with Crippen LogP contribution in [-0.2, 0) is 0 Å². The third kappa shape index (κ3) is 7.16. The van der Waals surface area contributed by atoms with Crippen LogP contribution in [-0.4, -0.2) is 9.13 Å². The first-order valence-corrected chi connectivity index (χ1v) is 21.9. The summed E-state index contributed by atoms with van der Waals surface area (Å²) in [6, 6.07) is 74.4. The molecule has 2 heteroatoms. The number of fused-ring (bicyclic) bond motifs is 9. The average molecular weight is 809 g/mol. The van der Waals surface area contributed by atoms with Gasteiger partial charge in [0.25, 0.3) is 0 Å². The summed E-state index contributed by atoms with van der Waals surface area (Å²) in [7, 11) is 0. The van der Waals surface area contributed by atoms with Crippen LogP contribution < -0.4 is 0 Å². The molecule has 9 aromatic carbocycles. The minimum Gasteiger partial charge on any atom is -0.317 e. The molecule has 2 aromatic heterocycles. The van der Waals surface area contributed by atoms with Crippen LogP contribution in [0.1, 0.15) is 31.9 Å². The molecule has 0 aliphatic heterocycles. The Morgan fingerprint density at radius 2 is 0.968 bits per heavy atom. The van der Waals surface area contributed by atoms with Gasteiger partial charge in [-0.15, -0.1) is 0 Å². The Kier molecular flexibility index (Phi) is 10.5. The van der Waals surface area contributed by atoms with Crippen LogP contribution >= 0.6 is 0 Å². The summed E-state index contributed by atoms with van der Waals surface area (Å²) >= 11 is 0. The number of rotatable bonds is 8. The van der Waals surface area contributed by atoms with E-state index < -0.39 is 0 Å². The number of aromatic nitrogens is 2. The van der Waals surface area contributed by atoms with Crippen molar-refractivity contribution in [2.75, 3.05) is 0 Å².